The summed E-state index contributed by atoms with van der Waals surface area (Å²) in [4.78, 5) is 36.2. The number of fused-ring (bicyclic) bond motifs is 1. The zero-order valence-electron chi connectivity index (χ0n) is 16.4. The number of ether oxygens (including phenoxy) is 1. The number of hydrogen-bond acceptors (Lipinski definition) is 10. The Morgan fingerprint density at radius 3 is 2.77 bits per heavy atom. The first kappa shape index (κ1) is 21.7. The van der Waals surface area contributed by atoms with Gasteiger partial charge in [0.15, 0.2) is 11.5 Å². The number of anilines is 2. The van der Waals surface area contributed by atoms with Crippen LogP contribution in [0.25, 0.3) is 11.2 Å². The van der Waals surface area contributed by atoms with Crippen LogP contribution in [0.4, 0.5) is 11.8 Å². The average molecular weight is 423 g/mol. The van der Waals surface area contributed by atoms with Gasteiger partial charge in [-0.05, 0) is 19.3 Å². The summed E-state index contributed by atoms with van der Waals surface area (Å²) >= 11 is 0. The van der Waals surface area contributed by atoms with Crippen molar-refractivity contribution in [2.24, 2.45) is 0 Å². The highest BCUT2D eigenvalue weighted by atomic mass is 16.5. The predicted molar refractivity (Wildman–Crippen MR) is 104 cm³/mol. The molecule has 3 rings (SSSR count). The molecule has 0 unspecified atom stereocenters. The number of nitrogens with two attached hydrogens (primary N) is 2. The standard InChI is InChI=1S/C17H25N7O6/c1-23(11(26)5-30-6-12(27)28)9-2-3-17(29,10(25)4-9)7-24-8-20-13-14(18)21-16(19)22-15(13)24/h8-10,25,29H,2-7H2,1H3,(H,27,28)(H4,18,19,21,22)/t9-,10+,17+/m0/s1. The van der Waals surface area contributed by atoms with Gasteiger partial charge in [0, 0.05) is 13.1 Å². The number of aliphatic hydroxyl groups excluding tert-OH is 1. The van der Waals surface area contributed by atoms with Crippen LogP contribution in [0.15, 0.2) is 6.33 Å². The number of imidazole rings is 1. The minimum Gasteiger partial charge on any atom is -0.480 e. The third kappa shape index (κ3) is 4.42. The summed E-state index contributed by atoms with van der Waals surface area (Å²) in [5.41, 5.74) is 10.7. The van der Waals surface area contributed by atoms with Crippen molar-refractivity contribution in [3.8, 4) is 0 Å². The summed E-state index contributed by atoms with van der Waals surface area (Å²) in [7, 11) is 1.56. The molecule has 164 valence electrons. The summed E-state index contributed by atoms with van der Waals surface area (Å²) in [6.45, 7) is -0.931. The van der Waals surface area contributed by atoms with E-state index in [2.05, 4.69) is 15.0 Å². The summed E-state index contributed by atoms with van der Waals surface area (Å²) in [5, 5.41) is 30.3. The lowest BCUT2D eigenvalue weighted by Crippen LogP contribution is -2.55. The Labute approximate surface area is 171 Å². The molecule has 1 aliphatic carbocycles. The van der Waals surface area contributed by atoms with Gasteiger partial charge in [0.2, 0.25) is 11.9 Å². The highest BCUT2D eigenvalue weighted by molar-refractivity contribution is 5.82. The summed E-state index contributed by atoms with van der Waals surface area (Å²) < 4.78 is 6.38. The Kier molecular flexibility index (Phi) is 6.05. The average Bonchev–Trinajstić information content (AvgIpc) is 3.05. The smallest absolute Gasteiger partial charge is 0.329 e. The molecule has 13 heteroatoms. The molecule has 0 radical (unpaired) electrons. The number of carbonyl (C=O) groups excluding carboxylic acids is 1. The lowest BCUT2D eigenvalue weighted by Gasteiger charge is -2.43. The number of nitrogen functional groups attached to an aromatic ring is 2. The maximum absolute atomic E-state index is 12.2. The maximum atomic E-state index is 12.2. The zero-order valence-corrected chi connectivity index (χ0v) is 16.4. The molecule has 1 amide bonds. The van der Waals surface area contributed by atoms with E-state index in [-0.39, 0.29) is 43.8 Å². The van der Waals surface area contributed by atoms with Gasteiger partial charge in [-0.2, -0.15) is 9.97 Å². The van der Waals surface area contributed by atoms with Crippen LogP contribution in [0.3, 0.4) is 0 Å². The third-order valence-corrected chi connectivity index (χ3v) is 5.37. The Bertz CT molecular complexity index is 950. The number of hydrogen-bond donors (Lipinski definition) is 5. The first-order valence-electron chi connectivity index (χ1n) is 9.30. The van der Waals surface area contributed by atoms with Crippen LogP contribution in [-0.2, 0) is 20.9 Å². The predicted octanol–water partition coefficient (Wildman–Crippen LogP) is -1.81. The number of amides is 1. The van der Waals surface area contributed by atoms with E-state index in [0.29, 0.717) is 17.6 Å². The lowest BCUT2D eigenvalue weighted by atomic mass is 9.79. The Balaban J connectivity index is 1.66. The van der Waals surface area contributed by atoms with Crippen LogP contribution in [0.2, 0.25) is 0 Å². The Morgan fingerprint density at radius 1 is 1.37 bits per heavy atom. The van der Waals surface area contributed by atoms with E-state index < -0.39 is 30.2 Å². The lowest BCUT2D eigenvalue weighted by molar-refractivity contribution is -0.150. The summed E-state index contributed by atoms with van der Waals surface area (Å²) in [5.74, 6) is -1.47. The van der Waals surface area contributed by atoms with Crippen molar-refractivity contribution in [2.75, 3.05) is 31.7 Å². The van der Waals surface area contributed by atoms with Gasteiger partial charge < -0.3 is 41.0 Å². The molecule has 0 saturated heterocycles. The van der Waals surface area contributed by atoms with Gasteiger partial charge >= 0.3 is 5.97 Å². The topological polar surface area (TPSA) is 203 Å². The quantitative estimate of drug-likeness (QED) is 0.336. The minimum absolute atomic E-state index is 0.00661. The molecule has 7 N–H and O–H groups in total. The molecular formula is C17H25N7O6. The van der Waals surface area contributed by atoms with Crippen molar-refractivity contribution < 1.29 is 29.6 Å². The van der Waals surface area contributed by atoms with E-state index >= 15 is 0 Å². The number of aliphatic carboxylic acids is 1. The number of carboxylic acids is 1. The van der Waals surface area contributed by atoms with E-state index in [4.69, 9.17) is 21.3 Å². The van der Waals surface area contributed by atoms with Crippen molar-refractivity contribution in [2.45, 2.75) is 43.6 Å². The van der Waals surface area contributed by atoms with Crippen molar-refractivity contribution in [1.29, 1.82) is 0 Å². The first-order valence-corrected chi connectivity index (χ1v) is 9.30. The number of nitrogens with zero attached hydrogens (tertiary/aromatic N) is 5. The molecule has 2 aromatic rings. The second-order valence-electron chi connectivity index (χ2n) is 7.45. The van der Waals surface area contributed by atoms with E-state index in [1.54, 1.807) is 11.6 Å². The monoisotopic (exact) mass is 423 g/mol. The summed E-state index contributed by atoms with van der Waals surface area (Å²) in [6.07, 6.45) is 1.11. The van der Waals surface area contributed by atoms with Gasteiger partial charge in [0.25, 0.3) is 0 Å². The van der Waals surface area contributed by atoms with Crippen LogP contribution >= 0.6 is 0 Å². The van der Waals surface area contributed by atoms with Crippen LogP contribution in [0, 0.1) is 0 Å². The fourth-order valence-corrected chi connectivity index (χ4v) is 3.64. The number of aromatic nitrogens is 4. The molecule has 0 bridgehead atoms. The second-order valence-corrected chi connectivity index (χ2v) is 7.45. The number of aliphatic hydroxyl groups is 2. The third-order valence-electron chi connectivity index (χ3n) is 5.37. The van der Waals surface area contributed by atoms with Crippen LogP contribution in [0.5, 0.6) is 0 Å². The van der Waals surface area contributed by atoms with Gasteiger partial charge in [-0.15, -0.1) is 0 Å². The van der Waals surface area contributed by atoms with E-state index in [9.17, 15) is 19.8 Å². The zero-order chi connectivity index (χ0) is 22.1. The van der Waals surface area contributed by atoms with Crippen molar-refractivity contribution >= 4 is 34.8 Å². The maximum Gasteiger partial charge on any atom is 0.329 e. The van der Waals surface area contributed by atoms with Crippen LogP contribution in [0.1, 0.15) is 19.3 Å². The van der Waals surface area contributed by atoms with Crippen LogP contribution < -0.4 is 11.5 Å². The van der Waals surface area contributed by atoms with E-state index in [1.807, 2.05) is 0 Å². The normalized spacial score (nSPS) is 24.1. The Hall–Kier alpha value is -3.03. The Morgan fingerprint density at radius 2 is 2.10 bits per heavy atom. The number of carboxylic acid groups (broad SMARTS) is 1. The van der Waals surface area contributed by atoms with Gasteiger partial charge in [-0.3, -0.25) is 4.79 Å². The number of likely N-dealkylation sites (N-methyl/N-ethyl adjacent to an activating group) is 1. The molecule has 30 heavy (non-hydrogen) atoms. The molecule has 0 aromatic carbocycles. The molecular weight excluding hydrogens is 398 g/mol. The van der Waals surface area contributed by atoms with Gasteiger partial charge in [-0.1, -0.05) is 0 Å². The molecule has 1 saturated carbocycles. The molecule has 13 nitrogen and oxygen atoms in total. The van der Waals surface area contributed by atoms with Gasteiger partial charge in [0.05, 0.1) is 19.0 Å². The number of rotatable bonds is 7. The van der Waals surface area contributed by atoms with E-state index in [1.165, 1.54) is 11.2 Å². The molecule has 1 fully saturated rings. The second kappa shape index (κ2) is 8.38. The molecule has 2 aromatic heterocycles. The largest absolute Gasteiger partial charge is 0.480 e. The molecule has 1 aliphatic rings. The van der Waals surface area contributed by atoms with Crippen LogP contribution in [-0.4, -0.2) is 89.6 Å². The molecule has 0 aliphatic heterocycles. The summed E-state index contributed by atoms with van der Waals surface area (Å²) in [6, 6.07) is -0.325. The minimum atomic E-state index is -1.47. The fraction of sp³-hybridized carbons (Fsp3) is 0.588. The number of carbonyl (C=O) groups is 2. The molecule has 0 spiro atoms. The molecule has 2 heterocycles. The van der Waals surface area contributed by atoms with E-state index in [0.717, 1.165) is 0 Å². The van der Waals surface area contributed by atoms with Gasteiger partial charge in [-0.25, -0.2) is 9.78 Å². The SMILES string of the molecule is CN(C(=O)COCC(=O)O)[C@H]1CC[C@@](O)(Cn2cnc3c(N)nc(N)nc32)[C@H](O)C1. The van der Waals surface area contributed by atoms with Crippen molar-refractivity contribution in [1.82, 2.24) is 24.4 Å². The first-order chi connectivity index (χ1) is 14.1. The molecule has 3 atom stereocenters. The van der Waals surface area contributed by atoms with Crippen molar-refractivity contribution in [3.63, 3.8) is 0 Å². The fourth-order valence-electron chi connectivity index (χ4n) is 3.64. The van der Waals surface area contributed by atoms with Gasteiger partial charge in [0.1, 0.15) is 24.3 Å². The highest BCUT2D eigenvalue weighted by Crippen LogP contribution is 2.33. The highest BCUT2D eigenvalue weighted by Gasteiger charge is 2.43. The van der Waals surface area contributed by atoms with Crippen molar-refractivity contribution in [3.05, 3.63) is 6.33 Å².